The molecule has 0 radical (unpaired) electrons. The largest absolute Gasteiger partial charge is 0.497 e. The number of aromatic nitrogens is 2. The smallest absolute Gasteiger partial charge is 0.330 e. The molecule has 4 fully saturated rings. The molecule has 2 aliphatic heterocycles. The van der Waals surface area contributed by atoms with Crippen molar-refractivity contribution in [3.63, 3.8) is 0 Å². The highest BCUT2D eigenvalue weighted by Gasteiger charge is 2.47. The molecule has 4 amide bonds. The Balaban J connectivity index is 0.000000171. The first-order valence-corrected chi connectivity index (χ1v) is 34.6. The number of nitrogens with one attached hydrogen (secondary N) is 4. The van der Waals surface area contributed by atoms with Crippen LogP contribution in [0.15, 0.2) is 109 Å². The molecule has 0 unspecified atom stereocenters. The summed E-state index contributed by atoms with van der Waals surface area (Å²) >= 11 is 3.07. The van der Waals surface area contributed by atoms with Crippen molar-refractivity contribution in [3.8, 4) is 45.5 Å². The van der Waals surface area contributed by atoms with Gasteiger partial charge in [0, 0.05) is 46.8 Å². The fourth-order valence-corrected chi connectivity index (χ4v) is 16.7. The van der Waals surface area contributed by atoms with Crippen molar-refractivity contribution < 1.29 is 57.6 Å². The molecule has 8 aromatic rings. The number of methoxy groups -OCH3 is 2. The van der Waals surface area contributed by atoms with Gasteiger partial charge in [0.1, 0.15) is 47.3 Å². The number of rotatable bonds is 17. The van der Waals surface area contributed by atoms with E-state index in [0.717, 1.165) is 105 Å². The van der Waals surface area contributed by atoms with Crippen molar-refractivity contribution >= 4 is 102 Å². The summed E-state index contributed by atoms with van der Waals surface area (Å²) in [5.74, 6) is 1.66. The zero-order chi connectivity index (χ0) is 65.1. The minimum absolute atomic E-state index is 0.218. The van der Waals surface area contributed by atoms with Crippen LogP contribution in [0.25, 0.3) is 55.1 Å². The number of benzene rings is 4. The van der Waals surface area contributed by atoms with Crippen LogP contribution in [0.2, 0.25) is 0 Å². The fraction of sp³-hybridized carbons (Fsp3) is 0.378. The molecule has 6 heterocycles. The Labute approximate surface area is 553 Å². The summed E-state index contributed by atoms with van der Waals surface area (Å²) in [5.41, 5.74) is 10.0. The average Bonchev–Trinajstić information content (AvgIpc) is 1.57. The van der Waals surface area contributed by atoms with Gasteiger partial charge in [-0.05, 0) is 178 Å². The van der Waals surface area contributed by atoms with E-state index in [0.29, 0.717) is 97.1 Å². The van der Waals surface area contributed by atoms with Gasteiger partial charge in [0.25, 0.3) is 11.8 Å². The van der Waals surface area contributed by atoms with Gasteiger partial charge < -0.3 is 59.2 Å². The van der Waals surface area contributed by atoms with Crippen LogP contribution in [0.1, 0.15) is 163 Å². The van der Waals surface area contributed by atoms with Crippen molar-refractivity contribution in [2.75, 3.05) is 44.7 Å². The van der Waals surface area contributed by atoms with Crippen molar-refractivity contribution in [3.05, 3.63) is 141 Å². The molecule has 488 valence electrons. The molecule has 14 rings (SSSR count). The Morgan fingerprint density at radius 3 is 1.37 bits per heavy atom. The Hall–Kier alpha value is -9.14. The summed E-state index contributed by atoms with van der Waals surface area (Å²) in [6.07, 6.45) is 21.4. The lowest BCUT2D eigenvalue weighted by atomic mass is 9.75. The molecule has 5 N–H and O–H groups in total. The summed E-state index contributed by atoms with van der Waals surface area (Å²) in [4.78, 5) is 78.5. The molecule has 0 saturated heterocycles. The van der Waals surface area contributed by atoms with Gasteiger partial charge in [-0.3, -0.25) is 19.2 Å². The third-order valence-electron chi connectivity index (χ3n) is 19.5. The van der Waals surface area contributed by atoms with Crippen LogP contribution >= 0.6 is 22.7 Å². The normalized spacial score (nSPS) is 17.2. The zero-order valence-corrected chi connectivity index (χ0v) is 54.8. The highest BCUT2D eigenvalue weighted by atomic mass is 32.1. The first-order chi connectivity index (χ1) is 45.7. The number of nitrogens with zero attached hydrogens (tertiary/aromatic N) is 2. The Kier molecular flexibility index (Phi) is 18.6. The molecule has 0 spiro atoms. The lowest BCUT2D eigenvalue weighted by Crippen LogP contribution is -2.61. The van der Waals surface area contributed by atoms with Gasteiger partial charge >= 0.3 is 11.9 Å². The number of ether oxygens (including phenoxy) is 5. The van der Waals surface area contributed by atoms with E-state index in [1.54, 1.807) is 75.0 Å². The van der Waals surface area contributed by atoms with E-state index in [4.69, 9.17) is 28.8 Å². The topological polar surface area (TPSA) is 227 Å². The van der Waals surface area contributed by atoms with Gasteiger partial charge in [0.05, 0.1) is 75.5 Å². The summed E-state index contributed by atoms with van der Waals surface area (Å²) in [6.45, 7) is 4.46. The standard InChI is InChI=1S/C38H41N3O6S.C36H37N3O6S/c1-3-46-32(42)17-12-24-10-13-26(14-11-24)39-37(44)38(18-7-19-38)40-36(43)31-23-29-35(48-31)33(25-8-5-4-6-9-25)34-28-16-15-27(45-2)22-30(28)47-21-20-41(29)34;1-44-25-13-14-26-28(20-25)45-19-18-39-27-21-29(46-33(27)31(32(26)39)23-6-3-2-4-7-23)34(42)38-36(16-5-17-36)35(43)37-24-11-8-22(9-12-24)10-15-30(40)41/h10-17,22-23,25H,3-9,18-21H2,1-2H3,(H,39,44)(H,40,43);8-15,20-21,23H,2-7,16-19H2,1H3,(H,37,43)(H,38,42)(H,40,41)/b17-12+;15-10+. The first-order valence-electron chi connectivity index (χ1n) is 32.9. The van der Waals surface area contributed by atoms with Crippen LogP contribution in [0.3, 0.4) is 0 Å². The number of hydrogen-bond donors (Lipinski definition) is 5. The number of esters is 1. The first kappa shape index (κ1) is 63.6. The summed E-state index contributed by atoms with van der Waals surface area (Å²) in [5, 5.41) is 21.1. The molecule has 4 aromatic heterocycles. The number of hydrogen-bond acceptors (Lipinski definition) is 13. The predicted molar refractivity (Wildman–Crippen MR) is 367 cm³/mol. The minimum atomic E-state index is -1.02. The maximum Gasteiger partial charge on any atom is 0.330 e. The zero-order valence-electron chi connectivity index (χ0n) is 53.2. The van der Waals surface area contributed by atoms with E-state index in [9.17, 15) is 28.8 Å². The van der Waals surface area contributed by atoms with Crippen LogP contribution in [-0.2, 0) is 37.0 Å². The van der Waals surface area contributed by atoms with Crippen molar-refractivity contribution in [2.45, 2.75) is 146 Å². The number of thiophene rings is 2. The molecular weight excluding hydrogens is 1230 g/mol. The molecule has 4 saturated carbocycles. The Bertz CT molecular complexity index is 4260. The predicted octanol–water partition coefficient (Wildman–Crippen LogP) is 14.9. The van der Waals surface area contributed by atoms with E-state index in [1.165, 1.54) is 84.5 Å². The van der Waals surface area contributed by atoms with Crippen molar-refractivity contribution in [2.24, 2.45) is 0 Å². The maximum absolute atomic E-state index is 13.9. The summed E-state index contributed by atoms with van der Waals surface area (Å²) in [6, 6.07) is 30.2. The lowest BCUT2D eigenvalue weighted by molar-refractivity contribution is -0.137. The monoisotopic (exact) mass is 1310 g/mol. The van der Waals surface area contributed by atoms with E-state index >= 15 is 0 Å². The molecule has 6 aliphatic rings. The van der Waals surface area contributed by atoms with Crippen LogP contribution in [0, 0.1) is 0 Å². The molecule has 18 nitrogen and oxygen atoms in total. The number of amides is 4. The lowest BCUT2D eigenvalue weighted by Gasteiger charge is -2.40. The molecule has 0 atom stereocenters. The Morgan fingerprint density at radius 2 is 0.989 bits per heavy atom. The number of carboxylic acid groups (broad SMARTS) is 1. The quantitative estimate of drug-likeness (QED) is 0.0424. The third kappa shape index (κ3) is 12.9. The summed E-state index contributed by atoms with van der Waals surface area (Å²) < 4.78 is 35.3. The van der Waals surface area contributed by atoms with Crippen LogP contribution in [0.4, 0.5) is 11.4 Å². The average molecular weight is 1310 g/mol. The van der Waals surface area contributed by atoms with Gasteiger partial charge in [-0.25, -0.2) is 9.59 Å². The van der Waals surface area contributed by atoms with Gasteiger partial charge in [0.2, 0.25) is 11.8 Å². The molecule has 20 heteroatoms. The number of anilines is 2. The number of aliphatic carboxylic acids is 1. The van der Waals surface area contributed by atoms with Crippen LogP contribution in [0.5, 0.6) is 23.0 Å². The SMILES string of the molecule is CCOC(=O)/C=C/c1ccc(NC(=O)C2(NC(=O)c3cc4c(s3)c(C3CCCCC3)c3n4CCOc4cc(OC)ccc4-3)CCC2)cc1.COc1ccc2c(c1)OCCn1c-2c(C2CCCCC2)c2sc(C(=O)NC3(C(=O)Nc4ccc(/C=C/C(=O)O)cc4)CCC3)cc21. The van der Waals surface area contributed by atoms with E-state index in [-0.39, 0.29) is 23.6 Å². The maximum atomic E-state index is 13.9. The second-order valence-electron chi connectivity index (χ2n) is 25.3. The fourth-order valence-electron chi connectivity index (χ4n) is 14.3. The number of fused-ring (bicyclic) bond motifs is 10. The van der Waals surface area contributed by atoms with Crippen LogP contribution in [-0.4, -0.2) is 94.9 Å². The van der Waals surface area contributed by atoms with Crippen molar-refractivity contribution in [1.29, 1.82) is 0 Å². The van der Waals surface area contributed by atoms with E-state index in [2.05, 4.69) is 42.5 Å². The van der Waals surface area contributed by atoms with Crippen molar-refractivity contribution in [1.82, 2.24) is 19.8 Å². The summed E-state index contributed by atoms with van der Waals surface area (Å²) in [7, 11) is 3.33. The number of carbonyl (C=O) groups is 6. The Morgan fingerprint density at radius 1 is 0.564 bits per heavy atom. The van der Waals surface area contributed by atoms with Gasteiger partial charge in [-0.15, -0.1) is 22.7 Å². The molecule has 94 heavy (non-hydrogen) atoms. The second kappa shape index (κ2) is 27.4. The number of carbonyl (C=O) groups excluding carboxylic acids is 5. The molecular formula is C74H78N6O12S2. The van der Waals surface area contributed by atoms with Gasteiger partial charge in [0.15, 0.2) is 0 Å². The number of carboxylic acids is 1. The highest BCUT2D eigenvalue weighted by molar-refractivity contribution is 7.21. The van der Waals surface area contributed by atoms with Crippen LogP contribution < -0.4 is 40.2 Å². The van der Waals surface area contributed by atoms with E-state index < -0.39 is 23.0 Å². The molecule has 4 aromatic carbocycles. The second-order valence-corrected chi connectivity index (χ2v) is 27.4. The van der Waals surface area contributed by atoms with Gasteiger partial charge in [-0.2, -0.15) is 0 Å². The van der Waals surface area contributed by atoms with E-state index in [1.807, 2.05) is 48.5 Å². The highest BCUT2D eigenvalue weighted by Crippen LogP contribution is 2.52. The van der Waals surface area contributed by atoms with Gasteiger partial charge in [-0.1, -0.05) is 62.8 Å². The molecule has 4 aliphatic carbocycles. The minimum Gasteiger partial charge on any atom is -0.497 e. The molecule has 0 bridgehead atoms. The third-order valence-corrected chi connectivity index (χ3v) is 21.8.